The highest BCUT2D eigenvalue weighted by Crippen LogP contribution is 2.28. The molecule has 1 saturated heterocycles. The van der Waals surface area contributed by atoms with E-state index in [2.05, 4.69) is 0 Å². The molecule has 0 radical (unpaired) electrons. The fourth-order valence-corrected chi connectivity index (χ4v) is 3.04. The third-order valence-corrected chi connectivity index (χ3v) is 4.36. The van der Waals surface area contributed by atoms with E-state index in [0.717, 1.165) is 11.6 Å². The van der Waals surface area contributed by atoms with E-state index in [1.54, 1.807) is 0 Å². The van der Waals surface area contributed by atoms with Gasteiger partial charge in [0.05, 0.1) is 5.56 Å². The summed E-state index contributed by atoms with van der Waals surface area (Å²) < 4.78 is 27.3. The van der Waals surface area contributed by atoms with E-state index in [0.29, 0.717) is 13.1 Å². The van der Waals surface area contributed by atoms with Crippen molar-refractivity contribution < 1.29 is 13.6 Å². The predicted octanol–water partition coefficient (Wildman–Crippen LogP) is 2.84. The Hall–Kier alpha value is -2.27. The number of amides is 1. The molecular formula is C18H18F2N2O. The highest BCUT2D eigenvalue weighted by atomic mass is 19.1. The Balaban J connectivity index is 1.84. The molecule has 0 aromatic heterocycles. The summed E-state index contributed by atoms with van der Waals surface area (Å²) >= 11 is 0. The summed E-state index contributed by atoms with van der Waals surface area (Å²) in [4.78, 5) is 14.1. The summed E-state index contributed by atoms with van der Waals surface area (Å²) in [5.74, 6) is -1.92. The molecular weight excluding hydrogens is 298 g/mol. The lowest BCUT2D eigenvalue weighted by Crippen LogP contribution is -2.32. The number of carbonyl (C=O) groups is 1. The van der Waals surface area contributed by atoms with Crippen LogP contribution in [0, 0.1) is 18.6 Å². The monoisotopic (exact) mass is 316 g/mol. The van der Waals surface area contributed by atoms with E-state index >= 15 is 0 Å². The first kappa shape index (κ1) is 15.6. The van der Waals surface area contributed by atoms with Crippen LogP contribution >= 0.6 is 0 Å². The standard InChI is InChI=1S/C18H18F2N2O/c1-11-7-13(16(20)8-15(11)19)18(23)22-9-14(17(21)10-22)12-5-3-2-4-6-12/h2-8,14,17H,9-10,21H2,1H3/t14-,17+/m0/s1. The minimum Gasteiger partial charge on any atom is -0.336 e. The van der Waals surface area contributed by atoms with Gasteiger partial charge in [0.25, 0.3) is 5.91 Å². The number of nitrogens with two attached hydrogens (primary N) is 1. The number of hydrogen-bond acceptors (Lipinski definition) is 2. The van der Waals surface area contributed by atoms with Gasteiger partial charge < -0.3 is 10.6 Å². The fourth-order valence-electron chi connectivity index (χ4n) is 3.04. The first-order chi connectivity index (χ1) is 11.0. The van der Waals surface area contributed by atoms with Crippen LogP contribution in [-0.4, -0.2) is 29.9 Å². The first-order valence-corrected chi connectivity index (χ1v) is 7.53. The molecule has 1 aliphatic heterocycles. The molecule has 3 rings (SSSR count). The van der Waals surface area contributed by atoms with Crippen molar-refractivity contribution in [1.82, 2.24) is 4.90 Å². The maximum Gasteiger partial charge on any atom is 0.256 e. The van der Waals surface area contributed by atoms with E-state index in [1.165, 1.54) is 17.9 Å². The Kier molecular flexibility index (Phi) is 4.13. The highest BCUT2D eigenvalue weighted by molar-refractivity contribution is 5.95. The third kappa shape index (κ3) is 2.97. The number of carbonyl (C=O) groups excluding carboxylic acids is 1. The largest absolute Gasteiger partial charge is 0.336 e. The van der Waals surface area contributed by atoms with Crippen molar-refractivity contribution in [2.75, 3.05) is 13.1 Å². The summed E-state index contributed by atoms with van der Waals surface area (Å²) in [5.41, 5.74) is 7.36. The van der Waals surface area contributed by atoms with Crippen LogP contribution in [-0.2, 0) is 0 Å². The molecule has 1 aliphatic rings. The zero-order valence-corrected chi connectivity index (χ0v) is 12.8. The lowest BCUT2D eigenvalue weighted by Gasteiger charge is -2.17. The molecule has 2 aromatic carbocycles. The van der Waals surface area contributed by atoms with Gasteiger partial charge in [-0.05, 0) is 24.1 Å². The van der Waals surface area contributed by atoms with Crippen molar-refractivity contribution in [3.8, 4) is 0 Å². The van der Waals surface area contributed by atoms with Crippen molar-refractivity contribution in [3.63, 3.8) is 0 Å². The quantitative estimate of drug-likeness (QED) is 0.926. The summed E-state index contributed by atoms with van der Waals surface area (Å²) in [5, 5.41) is 0. The Morgan fingerprint density at radius 2 is 1.83 bits per heavy atom. The molecule has 5 heteroatoms. The minimum absolute atomic E-state index is 0.0183. The second kappa shape index (κ2) is 6.08. The Morgan fingerprint density at radius 1 is 1.13 bits per heavy atom. The lowest BCUT2D eigenvalue weighted by atomic mass is 9.95. The van der Waals surface area contributed by atoms with Crippen LogP contribution in [0.15, 0.2) is 42.5 Å². The van der Waals surface area contributed by atoms with E-state index in [1.807, 2.05) is 30.3 Å². The van der Waals surface area contributed by atoms with Gasteiger partial charge in [-0.25, -0.2) is 8.78 Å². The molecule has 0 bridgehead atoms. The Morgan fingerprint density at radius 3 is 2.52 bits per heavy atom. The molecule has 2 N–H and O–H groups in total. The highest BCUT2D eigenvalue weighted by Gasteiger charge is 2.35. The lowest BCUT2D eigenvalue weighted by molar-refractivity contribution is 0.0784. The average molecular weight is 316 g/mol. The number of aryl methyl sites for hydroxylation is 1. The molecule has 0 unspecified atom stereocenters. The minimum atomic E-state index is -0.838. The zero-order valence-electron chi connectivity index (χ0n) is 12.8. The molecule has 2 atom stereocenters. The molecule has 0 saturated carbocycles. The second-order valence-electron chi connectivity index (χ2n) is 5.97. The van der Waals surface area contributed by atoms with Gasteiger partial charge in [-0.15, -0.1) is 0 Å². The first-order valence-electron chi connectivity index (χ1n) is 7.53. The summed E-state index contributed by atoms with van der Waals surface area (Å²) in [6, 6.07) is 11.5. The normalized spacial score (nSPS) is 20.8. The van der Waals surface area contributed by atoms with Crippen LogP contribution in [0.1, 0.15) is 27.4 Å². The van der Waals surface area contributed by atoms with Gasteiger partial charge in [-0.2, -0.15) is 0 Å². The van der Waals surface area contributed by atoms with E-state index in [-0.39, 0.29) is 23.1 Å². The number of halogens is 2. The summed E-state index contributed by atoms with van der Waals surface area (Å²) in [7, 11) is 0. The van der Waals surface area contributed by atoms with Crippen LogP contribution in [0.5, 0.6) is 0 Å². The molecule has 2 aromatic rings. The van der Waals surface area contributed by atoms with Gasteiger partial charge in [-0.3, -0.25) is 4.79 Å². The number of benzene rings is 2. The fraction of sp³-hybridized carbons (Fsp3) is 0.278. The number of rotatable bonds is 2. The van der Waals surface area contributed by atoms with Crippen LogP contribution in [0.2, 0.25) is 0 Å². The molecule has 0 spiro atoms. The van der Waals surface area contributed by atoms with Crippen LogP contribution < -0.4 is 5.73 Å². The topological polar surface area (TPSA) is 46.3 Å². The van der Waals surface area contributed by atoms with Gasteiger partial charge in [0.2, 0.25) is 0 Å². The maximum absolute atomic E-state index is 13.9. The Bertz CT molecular complexity index is 733. The average Bonchev–Trinajstić information content (AvgIpc) is 2.93. The van der Waals surface area contributed by atoms with Gasteiger partial charge >= 0.3 is 0 Å². The molecule has 0 aliphatic carbocycles. The van der Waals surface area contributed by atoms with Gasteiger partial charge in [0, 0.05) is 31.1 Å². The molecule has 1 amide bonds. The number of likely N-dealkylation sites (tertiary alicyclic amines) is 1. The SMILES string of the molecule is Cc1cc(C(=O)N2C[C@@H](N)[C@H](c3ccccc3)C2)c(F)cc1F. The van der Waals surface area contributed by atoms with Gasteiger partial charge in [0.15, 0.2) is 0 Å². The van der Waals surface area contributed by atoms with Crippen molar-refractivity contribution >= 4 is 5.91 Å². The second-order valence-corrected chi connectivity index (χ2v) is 5.97. The zero-order chi connectivity index (χ0) is 16.6. The molecule has 1 fully saturated rings. The molecule has 120 valence electrons. The van der Waals surface area contributed by atoms with Crippen molar-refractivity contribution in [2.24, 2.45) is 5.73 Å². The molecule has 3 nitrogen and oxygen atoms in total. The summed E-state index contributed by atoms with van der Waals surface area (Å²) in [6.07, 6.45) is 0. The molecule has 23 heavy (non-hydrogen) atoms. The van der Waals surface area contributed by atoms with Crippen LogP contribution in [0.25, 0.3) is 0 Å². The molecule has 1 heterocycles. The predicted molar refractivity (Wildman–Crippen MR) is 84.2 cm³/mol. The number of nitrogens with zero attached hydrogens (tertiary/aromatic N) is 1. The van der Waals surface area contributed by atoms with Crippen LogP contribution in [0.4, 0.5) is 8.78 Å². The van der Waals surface area contributed by atoms with Crippen molar-refractivity contribution in [3.05, 3.63) is 70.8 Å². The number of hydrogen-bond donors (Lipinski definition) is 1. The van der Waals surface area contributed by atoms with Gasteiger partial charge in [0.1, 0.15) is 11.6 Å². The Labute approximate surface area is 133 Å². The van der Waals surface area contributed by atoms with Gasteiger partial charge in [-0.1, -0.05) is 30.3 Å². The van der Waals surface area contributed by atoms with Crippen molar-refractivity contribution in [2.45, 2.75) is 18.9 Å². The van der Waals surface area contributed by atoms with E-state index < -0.39 is 17.5 Å². The van der Waals surface area contributed by atoms with E-state index in [9.17, 15) is 13.6 Å². The maximum atomic E-state index is 13.9. The third-order valence-electron chi connectivity index (χ3n) is 4.36. The van der Waals surface area contributed by atoms with Crippen LogP contribution in [0.3, 0.4) is 0 Å². The summed E-state index contributed by atoms with van der Waals surface area (Å²) in [6.45, 7) is 2.29. The smallest absolute Gasteiger partial charge is 0.256 e. The van der Waals surface area contributed by atoms with E-state index in [4.69, 9.17) is 5.73 Å². The van der Waals surface area contributed by atoms with Crippen molar-refractivity contribution in [1.29, 1.82) is 0 Å².